The van der Waals surface area contributed by atoms with Crippen LogP contribution in [0.3, 0.4) is 0 Å². The van der Waals surface area contributed by atoms with E-state index in [0.717, 1.165) is 11.1 Å². The predicted octanol–water partition coefficient (Wildman–Crippen LogP) is 2.18. The average molecular weight is 375 g/mol. The van der Waals surface area contributed by atoms with E-state index < -0.39 is 15.8 Å². The number of aromatic carboxylic acids is 1. The lowest BCUT2D eigenvalue weighted by molar-refractivity contribution is -0.121. The Bertz CT molecular complexity index is 888. The Balaban J connectivity index is 1.83. The number of carbonyl (C=O) groups excluding carboxylic acids is 1. The molecule has 138 valence electrons. The zero-order chi connectivity index (χ0) is 19.2. The Morgan fingerprint density at radius 1 is 1.00 bits per heavy atom. The summed E-state index contributed by atoms with van der Waals surface area (Å²) in [6.07, 6.45) is 1.99. The average Bonchev–Trinajstić information content (AvgIpc) is 2.57. The van der Waals surface area contributed by atoms with Crippen LogP contribution in [0, 0.1) is 0 Å². The number of rotatable bonds is 8. The zero-order valence-corrected chi connectivity index (χ0v) is 15.3. The lowest BCUT2D eigenvalue weighted by Crippen LogP contribution is -2.23. The summed E-state index contributed by atoms with van der Waals surface area (Å²) in [5.74, 6) is -1.13. The molecular weight excluding hydrogens is 354 g/mol. The minimum Gasteiger partial charge on any atom is -0.478 e. The van der Waals surface area contributed by atoms with Crippen molar-refractivity contribution in [3.63, 3.8) is 0 Å². The number of nitrogens with one attached hydrogen (secondary N) is 1. The molecule has 0 aliphatic carbocycles. The van der Waals surface area contributed by atoms with Gasteiger partial charge in [0.25, 0.3) is 0 Å². The number of sulfone groups is 1. The maximum absolute atomic E-state index is 12.0. The van der Waals surface area contributed by atoms with Gasteiger partial charge in [-0.3, -0.25) is 4.79 Å². The van der Waals surface area contributed by atoms with Gasteiger partial charge in [-0.25, -0.2) is 13.2 Å². The summed E-state index contributed by atoms with van der Waals surface area (Å²) in [6.45, 7) is 0.328. The van der Waals surface area contributed by atoms with Crippen LogP contribution in [0.15, 0.2) is 48.5 Å². The maximum atomic E-state index is 12.0. The highest BCUT2D eigenvalue weighted by molar-refractivity contribution is 7.89. The molecular formula is C19H21NO5S. The van der Waals surface area contributed by atoms with Gasteiger partial charge < -0.3 is 10.4 Å². The third-order valence-corrected chi connectivity index (χ3v) is 4.61. The van der Waals surface area contributed by atoms with Gasteiger partial charge in [-0.1, -0.05) is 36.4 Å². The normalized spacial score (nSPS) is 11.1. The standard InChI is InChI=1S/C19H21NO5S/c1-26(24,25)13-16-4-2-3-15(11-16)12-20-18(21)10-7-14-5-8-17(9-6-14)19(22)23/h2-6,8-9,11H,7,10,12-13H2,1H3,(H,20,21)(H,22,23). The monoisotopic (exact) mass is 375 g/mol. The quantitative estimate of drug-likeness (QED) is 0.736. The molecule has 0 aliphatic heterocycles. The first kappa shape index (κ1) is 19.7. The molecule has 0 radical (unpaired) electrons. The molecule has 0 spiro atoms. The smallest absolute Gasteiger partial charge is 0.335 e. The van der Waals surface area contributed by atoms with Crippen LogP contribution in [-0.2, 0) is 33.4 Å². The molecule has 0 aromatic heterocycles. The van der Waals surface area contributed by atoms with Crippen LogP contribution in [0.4, 0.5) is 0 Å². The lowest BCUT2D eigenvalue weighted by atomic mass is 10.1. The van der Waals surface area contributed by atoms with Crippen molar-refractivity contribution in [2.75, 3.05) is 6.26 Å². The molecule has 2 N–H and O–H groups in total. The molecule has 1 amide bonds. The molecule has 26 heavy (non-hydrogen) atoms. The van der Waals surface area contributed by atoms with E-state index in [2.05, 4.69) is 5.32 Å². The van der Waals surface area contributed by atoms with E-state index in [1.165, 1.54) is 18.4 Å². The number of carbonyl (C=O) groups is 2. The fourth-order valence-electron chi connectivity index (χ4n) is 2.49. The van der Waals surface area contributed by atoms with Crippen molar-refractivity contribution in [1.29, 1.82) is 0 Å². The van der Waals surface area contributed by atoms with Crippen LogP contribution >= 0.6 is 0 Å². The number of hydrogen-bond acceptors (Lipinski definition) is 4. The van der Waals surface area contributed by atoms with Gasteiger partial charge in [-0.05, 0) is 35.2 Å². The van der Waals surface area contributed by atoms with Gasteiger partial charge in [-0.15, -0.1) is 0 Å². The van der Waals surface area contributed by atoms with Crippen molar-refractivity contribution in [3.8, 4) is 0 Å². The second kappa shape index (κ2) is 8.62. The highest BCUT2D eigenvalue weighted by atomic mass is 32.2. The van der Waals surface area contributed by atoms with E-state index in [-0.39, 0.29) is 23.6 Å². The number of carboxylic acid groups (broad SMARTS) is 1. The van der Waals surface area contributed by atoms with Gasteiger partial charge in [0, 0.05) is 19.2 Å². The number of aryl methyl sites for hydroxylation is 1. The van der Waals surface area contributed by atoms with Crippen LogP contribution < -0.4 is 5.32 Å². The summed E-state index contributed by atoms with van der Waals surface area (Å²) in [4.78, 5) is 22.8. The first-order valence-corrected chi connectivity index (χ1v) is 10.1. The summed E-state index contributed by atoms with van der Waals surface area (Å²) in [5.41, 5.74) is 2.63. The molecule has 2 rings (SSSR count). The van der Waals surface area contributed by atoms with E-state index >= 15 is 0 Å². The molecule has 0 heterocycles. The van der Waals surface area contributed by atoms with Gasteiger partial charge in [0.15, 0.2) is 9.84 Å². The van der Waals surface area contributed by atoms with Gasteiger partial charge in [-0.2, -0.15) is 0 Å². The summed E-state index contributed by atoms with van der Waals surface area (Å²) < 4.78 is 22.7. The fraction of sp³-hybridized carbons (Fsp3) is 0.263. The molecule has 0 unspecified atom stereocenters. The zero-order valence-electron chi connectivity index (χ0n) is 14.4. The minimum atomic E-state index is -3.10. The predicted molar refractivity (Wildman–Crippen MR) is 98.6 cm³/mol. The van der Waals surface area contributed by atoms with Gasteiger partial charge >= 0.3 is 5.97 Å². The summed E-state index contributed by atoms with van der Waals surface area (Å²) >= 11 is 0. The Morgan fingerprint density at radius 2 is 1.65 bits per heavy atom. The molecule has 0 fully saturated rings. The molecule has 7 heteroatoms. The van der Waals surface area contributed by atoms with Crippen LogP contribution in [0.25, 0.3) is 0 Å². The molecule has 0 aliphatic rings. The largest absolute Gasteiger partial charge is 0.478 e. The SMILES string of the molecule is CS(=O)(=O)Cc1cccc(CNC(=O)CCc2ccc(C(=O)O)cc2)c1. The number of amides is 1. The van der Waals surface area contributed by atoms with Crippen LogP contribution in [0.5, 0.6) is 0 Å². The van der Waals surface area contributed by atoms with Crippen LogP contribution in [-0.4, -0.2) is 31.7 Å². The highest BCUT2D eigenvalue weighted by Crippen LogP contribution is 2.10. The van der Waals surface area contributed by atoms with Crippen molar-refractivity contribution in [2.24, 2.45) is 0 Å². The summed E-state index contributed by atoms with van der Waals surface area (Å²) in [5, 5.41) is 11.7. The maximum Gasteiger partial charge on any atom is 0.335 e. The second-order valence-corrected chi connectivity index (χ2v) is 8.31. The molecule has 0 saturated heterocycles. The fourth-order valence-corrected chi connectivity index (χ4v) is 3.28. The molecule has 0 saturated carbocycles. The molecule has 2 aromatic rings. The molecule has 0 bridgehead atoms. The second-order valence-electron chi connectivity index (χ2n) is 6.17. The minimum absolute atomic E-state index is 0.0267. The van der Waals surface area contributed by atoms with Crippen molar-refractivity contribution in [2.45, 2.75) is 25.1 Å². The first-order chi connectivity index (χ1) is 12.2. The number of carboxylic acids is 1. The first-order valence-electron chi connectivity index (χ1n) is 8.07. The van der Waals surface area contributed by atoms with E-state index in [1.54, 1.807) is 30.3 Å². The van der Waals surface area contributed by atoms with Crippen molar-refractivity contribution >= 4 is 21.7 Å². The van der Waals surface area contributed by atoms with Gasteiger partial charge in [0.05, 0.1) is 11.3 Å². The van der Waals surface area contributed by atoms with E-state index in [9.17, 15) is 18.0 Å². The topological polar surface area (TPSA) is 101 Å². The van der Waals surface area contributed by atoms with Crippen molar-refractivity contribution < 1.29 is 23.1 Å². The van der Waals surface area contributed by atoms with E-state index in [1.807, 2.05) is 6.07 Å². The van der Waals surface area contributed by atoms with Crippen molar-refractivity contribution in [3.05, 3.63) is 70.8 Å². The lowest BCUT2D eigenvalue weighted by Gasteiger charge is -2.07. The Hall–Kier alpha value is -2.67. The number of hydrogen-bond donors (Lipinski definition) is 2. The number of benzene rings is 2. The van der Waals surface area contributed by atoms with Crippen LogP contribution in [0.1, 0.15) is 33.5 Å². The summed E-state index contributed by atoms with van der Waals surface area (Å²) in [7, 11) is -3.10. The highest BCUT2D eigenvalue weighted by Gasteiger charge is 2.07. The third kappa shape index (κ3) is 6.68. The third-order valence-electron chi connectivity index (χ3n) is 3.75. The van der Waals surface area contributed by atoms with E-state index in [4.69, 9.17) is 5.11 Å². The van der Waals surface area contributed by atoms with Gasteiger partial charge in [0.2, 0.25) is 5.91 Å². The Labute approximate surface area is 152 Å². The summed E-state index contributed by atoms with van der Waals surface area (Å²) in [6, 6.07) is 13.5. The molecule has 6 nitrogen and oxygen atoms in total. The Kier molecular flexibility index (Phi) is 6.52. The molecule has 2 aromatic carbocycles. The Morgan fingerprint density at radius 3 is 2.27 bits per heavy atom. The van der Waals surface area contributed by atoms with E-state index in [0.29, 0.717) is 18.5 Å². The van der Waals surface area contributed by atoms with Crippen molar-refractivity contribution in [1.82, 2.24) is 5.32 Å². The van der Waals surface area contributed by atoms with Gasteiger partial charge in [0.1, 0.15) is 0 Å². The molecule has 0 atom stereocenters. The van der Waals surface area contributed by atoms with Crippen LogP contribution in [0.2, 0.25) is 0 Å².